The minimum absolute atomic E-state index is 0.352. The van der Waals surface area contributed by atoms with E-state index in [2.05, 4.69) is 64.1 Å². The minimum Gasteiger partial charge on any atom is -0.497 e. The predicted octanol–water partition coefficient (Wildman–Crippen LogP) is 3.61. The summed E-state index contributed by atoms with van der Waals surface area (Å²) in [5, 5.41) is 17.5. The third-order valence-electron chi connectivity index (χ3n) is 5.57. The van der Waals surface area contributed by atoms with Crippen LogP contribution in [-0.4, -0.2) is 38.8 Å². The van der Waals surface area contributed by atoms with Gasteiger partial charge in [-0.05, 0) is 66.1 Å². The molecule has 150 valence electrons. The molecule has 4 aromatic rings. The molecule has 2 heterocycles. The molecular formula is C22H26N6O. The first-order chi connectivity index (χ1) is 14.1. The molecule has 0 spiro atoms. The molecule has 29 heavy (non-hydrogen) atoms. The van der Waals surface area contributed by atoms with E-state index in [0.717, 1.165) is 36.6 Å². The van der Waals surface area contributed by atoms with E-state index in [0.29, 0.717) is 0 Å². The molecule has 0 fully saturated rings. The van der Waals surface area contributed by atoms with Crippen LogP contribution in [0.2, 0.25) is 0 Å². The monoisotopic (exact) mass is 390 g/mol. The van der Waals surface area contributed by atoms with E-state index in [1.807, 2.05) is 30.3 Å². The Hall–Kier alpha value is -3.19. The van der Waals surface area contributed by atoms with Crippen LogP contribution in [0.5, 0.6) is 5.75 Å². The highest BCUT2D eigenvalue weighted by Crippen LogP contribution is 2.25. The lowest BCUT2D eigenvalue weighted by Crippen LogP contribution is -2.42. The number of para-hydroxylation sites is 1. The molecule has 2 aromatic carbocycles. The molecule has 0 bridgehead atoms. The lowest BCUT2D eigenvalue weighted by atomic mass is 9.97. The zero-order valence-electron chi connectivity index (χ0n) is 17.0. The van der Waals surface area contributed by atoms with Gasteiger partial charge in [-0.3, -0.25) is 0 Å². The van der Waals surface area contributed by atoms with Crippen LogP contribution in [0.25, 0.3) is 16.6 Å². The summed E-state index contributed by atoms with van der Waals surface area (Å²) in [5.74, 6) is 1.60. The Kier molecular flexibility index (Phi) is 5.31. The van der Waals surface area contributed by atoms with Gasteiger partial charge in [0.1, 0.15) is 5.75 Å². The number of aromatic amines is 1. The topological polar surface area (TPSA) is 80.7 Å². The van der Waals surface area contributed by atoms with Crippen LogP contribution in [-0.2, 0) is 12.0 Å². The molecular weight excluding hydrogens is 364 g/mol. The normalized spacial score (nSPS) is 13.5. The lowest BCUT2D eigenvalue weighted by Gasteiger charge is -2.28. The smallest absolute Gasteiger partial charge is 0.176 e. The number of hydrogen-bond donors (Lipinski definition) is 2. The van der Waals surface area contributed by atoms with Gasteiger partial charge in [-0.15, -0.1) is 5.10 Å². The van der Waals surface area contributed by atoms with E-state index < -0.39 is 0 Å². The molecule has 0 aliphatic rings. The third kappa shape index (κ3) is 3.73. The average Bonchev–Trinajstić information content (AvgIpc) is 3.42. The largest absolute Gasteiger partial charge is 0.497 e. The molecule has 0 amide bonds. The van der Waals surface area contributed by atoms with Gasteiger partial charge in [-0.1, -0.05) is 25.1 Å². The number of methoxy groups -OCH3 is 1. The Morgan fingerprint density at radius 2 is 1.93 bits per heavy atom. The second-order valence-electron chi connectivity index (χ2n) is 7.33. The third-order valence-corrected chi connectivity index (χ3v) is 5.57. The maximum atomic E-state index is 5.25. The molecule has 7 heteroatoms. The molecule has 2 aromatic heterocycles. The summed E-state index contributed by atoms with van der Waals surface area (Å²) in [7, 11) is 1.66. The fraction of sp³-hybridized carbons (Fsp3) is 0.318. The van der Waals surface area contributed by atoms with Gasteiger partial charge in [0, 0.05) is 23.6 Å². The Labute approximate surface area is 170 Å². The van der Waals surface area contributed by atoms with Crippen LogP contribution in [0.15, 0.2) is 54.7 Å². The van der Waals surface area contributed by atoms with E-state index in [-0.39, 0.29) is 5.54 Å². The zero-order valence-corrected chi connectivity index (χ0v) is 17.0. The number of ether oxygens (including phenoxy) is 1. The summed E-state index contributed by atoms with van der Waals surface area (Å²) in [6.45, 7) is 5.11. The van der Waals surface area contributed by atoms with Gasteiger partial charge >= 0.3 is 0 Å². The fourth-order valence-electron chi connectivity index (χ4n) is 3.60. The molecule has 0 saturated carbocycles. The lowest BCUT2D eigenvalue weighted by molar-refractivity contribution is 0.329. The highest BCUT2D eigenvalue weighted by atomic mass is 16.5. The Balaban J connectivity index is 1.52. The van der Waals surface area contributed by atoms with Crippen molar-refractivity contribution in [3.05, 3.63) is 66.1 Å². The van der Waals surface area contributed by atoms with Crippen molar-refractivity contribution in [3.8, 4) is 11.4 Å². The summed E-state index contributed by atoms with van der Waals surface area (Å²) in [6, 6.07) is 16.1. The molecule has 2 N–H and O–H groups in total. The SMILES string of the molecule is CC[C@@](C)(NCCc1c[nH]c2ccccc12)c1nnnn1-c1ccc(OC)cc1. The first kappa shape index (κ1) is 19.1. The summed E-state index contributed by atoms with van der Waals surface area (Å²) >= 11 is 0. The van der Waals surface area contributed by atoms with Crippen LogP contribution in [0.1, 0.15) is 31.7 Å². The zero-order chi connectivity index (χ0) is 20.3. The molecule has 0 aliphatic heterocycles. The number of benzene rings is 2. The van der Waals surface area contributed by atoms with Crippen molar-refractivity contribution in [2.24, 2.45) is 0 Å². The van der Waals surface area contributed by atoms with Crippen molar-refractivity contribution >= 4 is 10.9 Å². The van der Waals surface area contributed by atoms with Crippen molar-refractivity contribution in [3.63, 3.8) is 0 Å². The highest BCUT2D eigenvalue weighted by Gasteiger charge is 2.31. The molecule has 7 nitrogen and oxygen atoms in total. The molecule has 1 atom stereocenters. The number of nitrogens with zero attached hydrogens (tertiary/aromatic N) is 4. The van der Waals surface area contributed by atoms with Gasteiger partial charge in [0.05, 0.1) is 18.3 Å². The van der Waals surface area contributed by atoms with Crippen LogP contribution in [0, 0.1) is 0 Å². The average molecular weight is 390 g/mol. The van der Waals surface area contributed by atoms with E-state index in [9.17, 15) is 0 Å². The Morgan fingerprint density at radius 3 is 2.69 bits per heavy atom. The number of hydrogen-bond acceptors (Lipinski definition) is 5. The first-order valence-electron chi connectivity index (χ1n) is 9.88. The number of tetrazole rings is 1. The van der Waals surface area contributed by atoms with Crippen molar-refractivity contribution in [1.82, 2.24) is 30.5 Å². The maximum Gasteiger partial charge on any atom is 0.176 e. The second-order valence-corrected chi connectivity index (χ2v) is 7.33. The van der Waals surface area contributed by atoms with Crippen molar-refractivity contribution in [2.45, 2.75) is 32.2 Å². The van der Waals surface area contributed by atoms with Crippen LogP contribution in [0.4, 0.5) is 0 Å². The highest BCUT2D eigenvalue weighted by molar-refractivity contribution is 5.83. The van der Waals surface area contributed by atoms with Crippen LogP contribution < -0.4 is 10.1 Å². The predicted molar refractivity (Wildman–Crippen MR) is 113 cm³/mol. The van der Waals surface area contributed by atoms with Gasteiger partial charge in [0.15, 0.2) is 5.82 Å². The van der Waals surface area contributed by atoms with Crippen molar-refractivity contribution < 1.29 is 4.74 Å². The second kappa shape index (κ2) is 8.05. The fourth-order valence-corrected chi connectivity index (χ4v) is 3.60. The molecule has 0 unspecified atom stereocenters. The van der Waals surface area contributed by atoms with E-state index in [4.69, 9.17) is 4.74 Å². The minimum atomic E-state index is -0.352. The Morgan fingerprint density at radius 1 is 1.14 bits per heavy atom. The molecule has 0 aliphatic carbocycles. The van der Waals surface area contributed by atoms with E-state index in [1.165, 1.54) is 16.5 Å². The number of fused-ring (bicyclic) bond motifs is 1. The summed E-state index contributed by atoms with van der Waals surface area (Å²) in [5.41, 5.74) is 3.03. The summed E-state index contributed by atoms with van der Waals surface area (Å²) in [4.78, 5) is 3.34. The van der Waals surface area contributed by atoms with Gasteiger partial charge in [0.2, 0.25) is 0 Å². The van der Waals surface area contributed by atoms with Gasteiger partial charge in [0.25, 0.3) is 0 Å². The molecule has 0 radical (unpaired) electrons. The standard InChI is InChI=1S/C22H26N6O/c1-4-22(2,24-14-13-16-15-23-20-8-6-5-7-19(16)20)21-25-26-27-28(21)17-9-11-18(29-3)12-10-17/h5-12,15,23-24H,4,13-14H2,1-3H3/t22-/m1/s1. The van der Waals surface area contributed by atoms with Gasteiger partial charge in [-0.2, -0.15) is 4.68 Å². The van der Waals surface area contributed by atoms with Gasteiger partial charge < -0.3 is 15.0 Å². The van der Waals surface area contributed by atoms with E-state index in [1.54, 1.807) is 11.8 Å². The number of nitrogens with one attached hydrogen (secondary N) is 2. The number of aromatic nitrogens is 5. The number of rotatable bonds is 8. The molecule has 0 saturated heterocycles. The van der Waals surface area contributed by atoms with Crippen molar-refractivity contribution in [1.29, 1.82) is 0 Å². The maximum absolute atomic E-state index is 5.25. The van der Waals surface area contributed by atoms with Crippen LogP contribution >= 0.6 is 0 Å². The summed E-state index contributed by atoms with van der Waals surface area (Å²) < 4.78 is 7.04. The van der Waals surface area contributed by atoms with Gasteiger partial charge in [-0.25, -0.2) is 0 Å². The quantitative estimate of drug-likeness (QED) is 0.480. The van der Waals surface area contributed by atoms with Crippen molar-refractivity contribution in [2.75, 3.05) is 13.7 Å². The first-order valence-corrected chi connectivity index (χ1v) is 9.88. The Bertz CT molecular complexity index is 1080. The van der Waals surface area contributed by atoms with E-state index >= 15 is 0 Å². The number of H-pyrrole nitrogens is 1. The summed E-state index contributed by atoms with van der Waals surface area (Å²) in [6.07, 6.45) is 3.87. The van der Waals surface area contributed by atoms with Crippen LogP contribution in [0.3, 0.4) is 0 Å². The molecule has 4 rings (SSSR count).